The zero-order valence-electron chi connectivity index (χ0n) is 8.11. The van der Waals surface area contributed by atoms with Crippen LogP contribution in [0.2, 0.25) is 5.02 Å². The van der Waals surface area contributed by atoms with Crippen LogP contribution in [-0.2, 0) is 4.79 Å². The first-order valence-electron chi connectivity index (χ1n) is 4.46. The van der Waals surface area contributed by atoms with Gasteiger partial charge >= 0.3 is 0 Å². The molecule has 80 valence electrons. The quantitative estimate of drug-likeness (QED) is 0.766. The van der Waals surface area contributed by atoms with Crippen LogP contribution in [0.1, 0.15) is 11.6 Å². The van der Waals surface area contributed by atoms with Crippen LogP contribution in [0, 0.1) is 0 Å². The summed E-state index contributed by atoms with van der Waals surface area (Å²) in [5.41, 5.74) is 0.803. The van der Waals surface area contributed by atoms with Gasteiger partial charge in [-0.15, -0.1) is 0 Å². The summed E-state index contributed by atoms with van der Waals surface area (Å²) in [6.45, 7) is 3.18. The minimum absolute atomic E-state index is 0.165. The van der Waals surface area contributed by atoms with Crippen LogP contribution in [0.4, 0.5) is 0 Å². The first kappa shape index (κ1) is 11.8. The van der Waals surface area contributed by atoms with E-state index in [4.69, 9.17) is 16.7 Å². The normalized spacial score (nSPS) is 11.9. The van der Waals surface area contributed by atoms with Crippen molar-refractivity contribution in [3.8, 4) is 0 Å². The zero-order chi connectivity index (χ0) is 11.3. The number of carbonyl (C=O) groups excluding carboxylic acids is 1. The van der Waals surface area contributed by atoms with Gasteiger partial charge in [0.15, 0.2) is 0 Å². The van der Waals surface area contributed by atoms with E-state index in [1.165, 1.54) is 6.08 Å². The summed E-state index contributed by atoms with van der Waals surface area (Å²) in [4.78, 5) is 11.1. The minimum Gasteiger partial charge on any atom is -0.394 e. The molecule has 2 N–H and O–H groups in total. The Kier molecular flexibility index (Phi) is 4.34. The van der Waals surface area contributed by atoms with Crippen LogP contribution in [0.25, 0.3) is 0 Å². The smallest absolute Gasteiger partial charge is 0.243 e. The molecule has 1 atom stereocenters. The Balaban J connectivity index is 2.78. The molecule has 0 bridgehead atoms. The molecule has 0 aliphatic heterocycles. The Morgan fingerprint density at radius 1 is 1.53 bits per heavy atom. The van der Waals surface area contributed by atoms with E-state index in [2.05, 4.69) is 11.9 Å². The Labute approximate surface area is 93.4 Å². The number of hydrogen-bond donors (Lipinski definition) is 2. The van der Waals surface area contributed by atoms with E-state index in [9.17, 15) is 4.79 Å². The van der Waals surface area contributed by atoms with Crippen molar-refractivity contribution in [3.05, 3.63) is 47.5 Å². The van der Waals surface area contributed by atoms with E-state index in [1.807, 2.05) is 0 Å². The highest BCUT2D eigenvalue weighted by Gasteiger charge is 2.11. The molecule has 15 heavy (non-hydrogen) atoms. The number of nitrogens with one attached hydrogen (secondary N) is 1. The van der Waals surface area contributed by atoms with Gasteiger partial charge in [0, 0.05) is 5.02 Å². The predicted octanol–water partition coefficient (Wildman–Crippen LogP) is 1.68. The largest absolute Gasteiger partial charge is 0.394 e. The Morgan fingerprint density at radius 2 is 2.13 bits per heavy atom. The molecule has 0 unspecified atom stereocenters. The number of amides is 1. The molecular formula is C11H12ClNO2. The number of hydrogen-bond acceptors (Lipinski definition) is 2. The average Bonchev–Trinajstić information content (AvgIpc) is 2.27. The minimum atomic E-state index is -0.423. The molecule has 0 radical (unpaired) electrons. The predicted molar refractivity (Wildman–Crippen MR) is 59.6 cm³/mol. The Hall–Kier alpha value is -1.32. The van der Waals surface area contributed by atoms with Crippen molar-refractivity contribution in [2.45, 2.75) is 6.04 Å². The third-order valence-corrected chi connectivity index (χ3v) is 2.21. The maximum absolute atomic E-state index is 11.1. The number of aliphatic hydroxyl groups excluding tert-OH is 1. The molecule has 1 aromatic rings. The van der Waals surface area contributed by atoms with Crippen molar-refractivity contribution in [1.82, 2.24) is 5.32 Å². The van der Waals surface area contributed by atoms with Crippen LogP contribution in [0.5, 0.6) is 0 Å². The number of aliphatic hydroxyl groups is 1. The van der Waals surface area contributed by atoms with E-state index in [0.717, 1.165) is 5.56 Å². The summed E-state index contributed by atoms with van der Waals surface area (Å²) in [6.07, 6.45) is 1.17. The fourth-order valence-electron chi connectivity index (χ4n) is 1.16. The maximum atomic E-state index is 11.1. The lowest BCUT2D eigenvalue weighted by atomic mass is 10.1. The maximum Gasteiger partial charge on any atom is 0.243 e. The van der Waals surface area contributed by atoms with E-state index >= 15 is 0 Å². The molecule has 0 spiro atoms. The first-order valence-corrected chi connectivity index (χ1v) is 4.84. The van der Waals surface area contributed by atoms with E-state index in [1.54, 1.807) is 24.3 Å². The molecule has 4 heteroatoms. The van der Waals surface area contributed by atoms with Crippen molar-refractivity contribution in [3.63, 3.8) is 0 Å². The molecule has 0 aliphatic rings. The van der Waals surface area contributed by atoms with Crippen LogP contribution in [0.3, 0.4) is 0 Å². The van der Waals surface area contributed by atoms with Crippen LogP contribution >= 0.6 is 11.6 Å². The highest BCUT2D eigenvalue weighted by molar-refractivity contribution is 6.30. The molecule has 1 amide bonds. The van der Waals surface area contributed by atoms with Gasteiger partial charge in [0.05, 0.1) is 12.6 Å². The standard InChI is InChI=1S/C11H12ClNO2/c1-2-11(15)13-10(7-14)8-3-5-9(12)6-4-8/h2-6,10,14H,1,7H2,(H,13,15)/t10-/m0/s1. The van der Waals surface area contributed by atoms with Crippen LogP contribution in [-0.4, -0.2) is 17.6 Å². The molecule has 1 rings (SSSR count). The SMILES string of the molecule is C=CC(=O)N[C@@H](CO)c1ccc(Cl)cc1. The lowest BCUT2D eigenvalue weighted by Gasteiger charge is -2.15. The van der Waals surface area contributed by atoms with Gasteiger partial charge < -0.3 is 10.4 Å². The van der Waals surface area contributed by atoms with E-state index in [-0.39, 0.29) is 12.5 Å². The van der Waals surface area contributed by atoms with Gasteiger partial charge in [-0.25, -0.2) is 0 Å². The first-order chi connectivity index (χ1) is 7.17. The number of carbonyl (C=O) groups is 1. The molecular weight excluding hydrogens is 214 g/mol. The summed E-state index contributed by atoms with van der Waals surface area (Å²) in [5.74, 6) is -0.316. The molecule has 0 saturated carbocycles. The second-order valence-electron chi connectivity index (χ2n) is 3.00. The van der Waals surface area contributed by atoms with Crippen LogP contribution in [0.15, 0.2) is 36.9 Å². The van der Waals surface area contributed by atoms with Crippen molar-refractivity contribution < 1.29 is 9.90 Å². The molecule has 3 nitrogen and oxygen atoms in total. The summed E-state index contributed by atoms with van der Waals surface area (Å²) in [6, 6.07) is 6.51. The fourth-order valence-corrected chi connectivity index (χ4v) is 1.29. The molecule has 0 heterocycles. The topological polar surface area (TPSA) is 49.3 Å². The van der Waals surface area contributed by atoms with Gasteiger partial charge in [0.25, 0.3) is 0 Å². The molecule has 1 aromatic carbocycles. The number of rotatable bonds is 4. The molecule has 0 fully saturated rings. The number of halogens is 1. The molecule has 0 aliphatic carbocycles. The summed E-state index contributed by atoms with van der Waals surface area (Å²) in [5, 5.41) is 12.3. The van der Waals surface area contributed by atoms with Gasteiger partial charge in [-0.05, 0) is 23.8 Å². The average molecular weight is 226 g/mol. The van der Waals surface area contributed by atoms with Gasteiger partial charge in [-0.2, -0.15) is 0 Å². The van der Waals surface area contributed by atoms with Crippen molar-refractivity contribution in [1.29, 1.82) is 0 Å². The summed E-state index contributed by atoms with van der Waals surface area (Å²) < 4.78 is 0. The lowest BCUT2D eigenvalue weighted by molar-refractivity contribution is -0.117. The number of benzene rings is 1. The van der Waals surface area contributed by atoms with Crippen molar-refractivity contribution in [2.24, 2.45) is 0 Å². The third-order valence-electron chi connectivity index (χ3n) is 1.96. The van der Waals surface area contributed by atoms with E-state index in [0.29, 0.717) is 5.02 Å². The lowest BCUT2D eigenvalue weighted by Crippen LogP contribution is -2.29. The molecule has 0 aromatic heterocycles. The Bertz CT molecular complexity index is 348. The van der Waals surface area contributed by atoms with Gasteiger partial charge in [0.2, 0.25) is 5.91 Å². The van der Waals surface area contributed by atoms with Crippen molar-refractivity contribution in [2.75, 3.05) is 6.61 Å². The summed E-state index contributed by atoms with van der Waals surface area (Å²) >= 11 is 5.73. The third kappa shape index (κ3) is 3.38. The van der Waals surface area contributed by atoms with Crippen molar-refractivity contribution >= 4 is 17.5 Å². The Morgan fingerprint density at radius 3 is 2.60 bits per heavy atom. The highest BCUT2D eigenvalue weighted by Crippen LogP contribution is 2.16. The van der Waals surface area contributed by atoms with Gasteiger partial charge in [-0.1, -0.05) is 30.3 Å². The fraction of sp³-hybridized carbons (Fsp3) is 0.182. The van der Waals surface area contributed by atoms with Gasteiger partial charge in [-0.3, -0.25) is 4.79 Å². The van der Waals surface area contributed by atoms with Crippen LogP contribution < -0.4 is 5.32 Å². The van der Waals surface area contributed by atoms with Gasteiger partial charge in [0.1, 0.15) is 0 Å². The highest BCUT2D eigenvalue weighted by atomic mass is 35.5. The zero-order valence-corrected chi connectivity index (χ0v) is 8.87. The summed E-state index contributed by atoms with van der Waals surface area (Å²) in [7, 11) is 0. The monoisotopic (exact) mass is 225 g/mol. The van der Waals surface area contributed by atoms with E-state index < -0.39 is 6.04 Å². The second-order valence-corrected chi connectivity index (χ2v) is 3.44. The second kappa shape index (κ2) is 5.53. The molecule has 0 saturated heterocycles.